The molecule has 4 heterocycles. The third-order valence-electron chi connectivity index (χ3n) is 6.03. The van der Waals surface area contributed by atoms with E-state index >= 15 is 0 Å². The van der Waals surface area contributed by atoms with E-state index in [4.69, 9.17) is 4.74 Å². The number of rotatable bonds is 1. The summed E-state index contributed by atoms with van der Waals surface area (Å²) in [5.41, 5.74) is 6.46. The molecule has 0 radical (unpaired) electrons. The first-order valence-corrected chi connectivity index (χ1v) is 11.1. The van der Waals surface area contributed by atoms with E-state index in [9.17, 15) is 0 Å². The standard InChI is InChI=1S/C25H18N4OS/c1-12-26-19-8-5-14-9-15(3-6-17(14)22(19)28-12)21-10-16-4-7-18-23-20(27-13(2)29-23)11-30-24(18)25(16)31-21/h3-10H,11H2,1-2H3,(H,26,28)(H,27,29). The van der Waals surface area contributed by atoms with Gasteiger partial charge >= 0.3 is 0 Å². The van der Waals surface area contributed by atoms with Crippen molar-refractivity contribution < 1.29 is 4.74 Å². The van der Waals surface area contributed by atoms with Crippen LogP contribution in [0.2, 0.25) is 0 Å². The number of hydrogen-bond donors (Lipinski definition) is 2. The Balaban J connectivity index is 1.39. The van der Waals surface area contributed by atoms with Crippen LogP contribution in [0.3, 0.4) is 0 Å². The van der Waals surface area contributed by atoms with E-state index < -0.39 is 0 Å². The second-order valence-corrected chi connectivity index (χ2v) is 9.18. The van der Waals surface area contributed by atoms with Gasteiger partial charge in [0.1, 0.15) is 24.0 Å². The SMILES string of the molecule is Cc1nc2c([nH]1)COc1c-2ccc2cc(-c3ccc4c(ccc5[nH]c(C)nc54)c3)sc12. The molecule has 0 unspecified atom stereocenters. The zero-order valence-electron chi connectivity index (χ0n) is 17.0. The number of imidazole rings is 2. The number of thiophene rings is 1. The van der Waals surface area contributed by atoms with Crippen molar-refractivity contribution in [1.82, 2.24) is 19.9 Å². The molecule has 0 atom stereocenters. The number of nitrogens with zero attached hydrogens (tertiary/aromatic N) is 2. The molecule has 0 aliphatic carbocycles. The number of fused-ring (bicyclic) bond motifs is 8. The second kappa shape index (κ2) is 5.95. The van der Waals surface area contributed by atoms with Crippen LogP contribution in [-0.2, 0) is 6.61 Å². The summed E-state index contributed by atoms with van der Waals surface area (Å²) < 4.78 is 7.35. The van der Waals surface area contributed by atoms with Crippen LogP contribution in [0.4, 0.5) is 0 Å². The Morgan fingerprint density at radius 3 is 2.71 bits per heavy atom. The van der Waals surface area contributed by atoms with Crippen LogP contribution in [0.1, 0.15) is 17.3 Å². The van der Waals surface area contributed by atoms with Gasteiger partial charge in [-0.25, -0.2) is 9.97 Å². The van der Waals surface area contributed by atoms with Gasteiger partial charge in [-0.1, -0.05) is 24.3 Å². The van der Waals surface area contributed by atoms with Gasteiger partial charge in [-0.3, -0.25) is 0 Å². The fourth-order valence-electron chi connectivity index (χ4n) is 4.64. The number of nitrogens with one attached hydrogen (secondary N) is 2. The second-order valence-electron chi connectivity index (χ2n) is 8.13. The van der Waals surface area contributed by atoms with Crippen LogP contribution >= 0.6 is 11.3 Å². The molecule has 0 spiro atoms. The average Bonchev–Trinajstić information content (AvgIpc) is 3.47. The molecule has 0 amide bonds. The Hall–Kier alpha value is -3.64. The van der Waals surface area contributed by atoms with Gasteiger partial charge in [0, 0.05) is 15.8 Å². The van der Waals surface area contributed by atoms with Gasteiger partial charge in [0.25, 0.3) is 0 Å². The lowest BCUT2D eigenvalue weighted by Gasteiger charge is -2.17. The molecule has 31 heavy (non-hydrogen) atoms. The molecule has 1 aliphatic heterocycles. The average molecular weight is 423 g/mol. The number of benzene rings is 3. The molecule has 1 aliphatic rings. The number of aryl methyl sites for hydroxylation is 2. The van der Waals surface area contributed by atoms with Crippen LogP contribution < -0.4 is 4.74 Å². The Morgan fingerprint density at radius 1 is 0.903 bits per heavy atom. The highest BCUT2D eigenvalue weighted by atomic mass is 32.1. The summed E-state index contributed by atoms with van der Waals surface area (Å²) in [4.78, 5) is 17.2. The number of aromatic amines is 2. The van der Waals surface area contributed by atoms with Gasteiger partial charge in [-0.2, -0.15) is 0 Å². The molecular weight excluding hydrogens is 404 g/mol. The summed E-state index contributed by atoms with van der Waals surface area (Å²) >= 11 is 1.78. The molecule has 3 aromatic carbocycles. The Morgan fingerprint density at radius 2 is 1.77 bits per heavy atom. The van der Waals surface area contributed by atoms with Gasteiger partial charge in [-0.05, 0) is 54.4 Å². The van der Waals surface area contributed by atoms with Gasteiger partial charge in [0.15, 0.2) is 0 Å². The zero-order valence-corrected chi connectivity index (χ0v) is 17.9. The third kappa shape index (κ3) is 2.42. The largest absolute Gasteiger partial charge is 0.485 e. The van der Waals surface area contributed by atoms with Crippen molar-refractivity contribution in [3.05, 3.63) is 65.9 Å². The van der Waals surface area contributed by atoms with Crippen LogP contribution in [0.15, 0.2) is 48.5 Å². The lowest BCUT2D eigenvalue weighted by atomic mass is 10.0. The number of aromatic nitrogens is 4. The van der Waals surface area contributed by atoms with E-state index in [1.54, 1.807) is 11.3 Å². The molecule has 0 saturated carbocycles. The lowest BCUT2D eigenvalue weighted by Crippen LogP contribution is -2.05. The predicted octanol–water partition coefficient (Wildman–Crippen LogP) is 6.50. The van der Waals surface area contributed by atoms with Crippen molar-refractivity contribution in [2.45, 2.75) is 20.5 Å². The van der Waals surface area contributed by atoms with E-state index in [1.165, 1.54) is 31.3 Å². The molecule has 0 fully saturated rings. The summed E-state index contributed by atoms with van der Waals surface area (Å²) in [6, 6.07) is 17.5. The molecule has 3 aromatic heterocycles. The fourth-order valence-corrected chi connectivity index (χ4v) is 5.80. The van der Waals surface area contributed by atoms with Crippen molar-refractivity contribution in [2.75, 3.05) is 0 Å². The number of ether oxygens (including phenoxy) is 1. The monoisotopic (exact) mass is 422 g/mol. The van der Waals surface area contributed by atoms with E-state index in [-0.39, 0.29) is 0 Å². The minimum Gasteiger partial charge on any atom is -0.485 e. The highest BCUT2D eigenvalue weighted by Gasteiger charge is 2.24. The number of H-pyrrole nitrogens is 2. The zero-order chi connectivity index (χ0) is 20.7. The maximum absolute atomic E-state index is 6.17. The summed E-state index contributed by atoms with van der Waals surface area (Å²) in [5, 5.41) is 3.57. The minimum absolute atomic E-state index is 0.532. The van der Waals surface area contributed by atoms with Gasteiger partial charge in [0.05, 0.1) is 27.1 Å². The smallest absolute Gasteiger partial charge is 0.147 e. The first kappa shape index (κ1) is 17.1. The maximum atomic E-state index is 6.17. The van der Waals surface area contributed by atoms with Crippen molar-refractivity contribution in [2.24, 2.45) is 0 Å². The highest BCUT2D eigenvalue weighted by molar-refractivity contribution is 7.22. The van der Waals surface area contributed by atoms with E-state index in [0.717, 1.165) is 45.4 Å². The molecule has 5 nitrogen and oxygen atoms in total. The van der Waals surface area contributed by atoms with Crippen molar-refractivity contribution in [1.29, 1.82) is 0 Å². The van der Waals surface area contributed by atoms with Gasteiger partial charge < -0.3 is 14.7 Å². The Kier molecular flexibility index (Phi) is 3.28. The molecule has 6 aromatic rings. The van der Waals surface area contributed by atoms with Crippen molar-refractivity contribution in [3.63, 3.8) is 0 Å². The van der Waals surface area contributed by atoms with E-state index in [0.29, 0.717) is 6.61 Å². The molecule has 2 N–H and O–H groups in total. The van der Waals surface area contributed by atoms with Crippen LogP contribution in [0, 0.1) is 13.8 Å². The molecule has 0 bridgehead atoms. The van der Waals surface area contributed by atoms with Crippen molar-refractivity contribution in [3.8, 4) is 27.4 Å². The topological polar surface area (TPSA) is 66.6 Å². The summed E-state index contributed by atoms with van der Waals surface area (Å²) in [6.45, 7) is 4.51. The molecule has 0 saturated heterocycles. The van der Waals surface area contributed by atoms with Crippen LogP contribution in [0.5, 0.6) is 5.75 Å². The quantitative estimate of drug-likeness (QED) is 0.318. The molecule has 7 rings (SSSR count). The highest BCUT2D eigenvalue weighted by Crippen LogP contribution is 2.46. The van der Waals surface area contributed by atoms with E-state index in [1.807, 2.05) is 13.8 Å². The minimum atomic E-state index is 0.532. The van der Waals surface area contributed by atoms with Crippen LogP contribution in [-0.4, -0.2) is 19.9 Å². The molecule has 150 valence electrons. The molecule has 6 heteroatoms. The first-order chi connectivity index (χ1) is 15.1. The summed E-state index contributed by atoms with van der Waals surface area (Å²) in [6.07, 6.45) is 0. The third-order valence-corrected chi connectivity index (χ3v) is 7.22. The summed E-state index contributed by atoms with van der Waals surface area (Å²) in [5.74, 6) is 2.81. The maximum Gasteiger partial charge on any atom is 0.147 e. The lowest BCUT2D eigenvalue weighted by molar-refractivity contribution is 0.302. The van der Waals surface area contributed by atoms with Crippen LogP contribution in [0.25, 0.3) is 53.6 Å². The fraction of sp³-hybridized carbons (Fsp3) is 0.120. The van der Waals surface area contributed by atoms with Crippen molar-refractivity contribution >= 4 is 43.2 Å². The first-order valence-electron chi connectivity index (χ1n) is 10.3. The Labute approximate surface area is 181 Å². The van der Waals surface area contributed by atoms with E-state index in [2.05, 4.69) is 68.5 Å². The molecular formula is C25H18N4OS. The predicted molar refractivity (Wildman–Crippen MR) is 126 cm³/mol. The van der Waals surface area contributed by atoms with Gasteiger partial charge in [0.2, 0.25) is 0 Å². The summed E-state index contributed by atoms with van der Waals surface area (Å²) in [7, 11) is 0. The number of hydrogen-bond acceptors (Lipinski definition) is 4. The normalized spacial score (nSPS) is 13.0. The van der Waals surface area contributed by atoms with Gasteiger partial charge in [-0.15, -0.1) is 11.3 Å². The Bertz CT molecular complexity index is 1670.